The number of benzene rings is 1. The standard InChI is InChI=1S/C17H24N2O2/c20-16(14-6-9-18-12-14)19-13-17(7-10-21-11-8-17)15-4-2-1-3-5-15/h1-5,14,18H,6-13H2,(H,19,20). The Balaban J connectivity index is 1.69. The molecule has 1 amide bonds. The number of carbonyl (C=O) groups is 1. The second-order valence-electron chi connectivity index (χ2n) is 6.17. The third kappa shape index (κ3) is 3.27. The quantitative estimate of drug-likeness (QED) is 0.882. The normalized spacial score (nSPS) is 24.7. The zero-order valence-corrected chi connectivity index (χ0v) is 12.4. The van der Waals surface area contributed by atoms with Gasteiger partial charge in [0.1, 0.15) is 0 Å². The average Bonchev–Trinajstić information content (AvgIpc) is 3.09. The van der Waals surface area contributed by atoms with E-state index in [9.17, 15) is 4.79 Å². The molecule has 4 heteroatoms. The van der Waals surface area contributed by atoms with Crippen LogP contribution in [0, 0.1) is 5.92 Å². The van der Waals surface area contributed by atoms with E-state index in [1.54, 1.807) is 0 Å². The number of nitrogens with one attached hydrogen (secondary N) is 2. The van der Waals surface area contributed by atoms with Gasteiger partial charge in [-0.2, -0.15) is 0 Å². The summed E-state index contributed by atoms with van der Waals surface area (Å²) < 4.78 is 5.53. The first-order valence-electron chi connectivity index (χ1n) is 7.92. The van der Waals surface area contributed by atoms with Crippen molar-refractivity contribution in [3.8, 4) is 0 Å². The van der Waals surface area contributed by atoms with Crippen LogP contribution in [-0.4, -0.2) is 38.8 Å². The largest absolute Gasteiger partial charge is 0.381 e. The van der Waals surface area contributed by atoms with E-state index in [4.69, 9.17) is 4.74 Å². The van der Waals surface area contributed by atoms with Crippen LogP contribution in [0.3, 0.4) is 0 Å². The first-order valence-corrected chi connectivity index (χ1v) is 7.92. The monoisotopic (exact) mass is 288 g/mol. The topological polar surface area (TPSA) is 50.4 Å². The van der Waals surface area contributed by atoms with E-state index in [0.29, 0.717) is 0 Å². The molecule has 3 rings (SSSR count). The minimum atomic E-state index is 0.0290. The zero-order valence-electron chi connectivity index (χ0n) is 12.4. The van der Waals surface area contributed by atoms with E-state index in [1.807, 2.05) is 6.07 Å². The van der Waals surface area contributed by atoms with Crippen LogP contribution in [0.25, 0.3) is 0 Å². The molecule has 2 N–H and O–H groups in total. The minimum absolute atomic E-state index is 0.0290. The molecule has 2 fully saturated rings. The highest BCUT2D eigenvalue weighted by Crippen LogP contribution is 2.34. The second-order valence-corrected chi connectivity index (χ2v) is 6.17. The number of carbonyl (C=O) groups excluding carboxylic acids is 1. The Morgan fingerprint density at radius 1 is 1.29 bits per heavy atom. The van der Waals surface area contributed by atoms with Gasteiger partial charge in [0.2, 0.25) is 5.91 Å². The molecule has 1 aromatic carbocycles. The van der Waals surface area contributed by atoms with E-state index in [1.165, 1.54) is 5.56 Å². The summed E-state index contributed by atoms with van der Waals surface area (Å²) >= 11 is 0. The van der Waals surface area contributed by atoms with E-state index >= 15 is 0 Å². The fourth-order valence-corrected chi connectivity index (χ4v) is 3.40. The number of amides is 1. The Morgan fingerprint density at radius 2 is 2.05 bits per heavy atom. The van der Waals surface area contributed by atoms with Crippen LogP contribution >= 0.6 is 0 Å². The van der Waals surface area contributed by atoms with E-state index < -0.39 is 0 Å². The number of rotatable bonds is 4. The summed E-state index contributed by atoms with van der Waals surface area (Å²) in [7, 11) is 0. The molecule has 1 unspecified atom stereocenters. The fraction of sp³-hybridized carbons (Fsp3) is 0.588. The molecule has 1 atom stereocenters. The summed E-state index contributed by atoms with van der Waals surface area (Å²) in [6.45, 7) is 4.03. The number of hydrogen-bond donors (Lipinski definition) is 2. The molecule has 2 heterocycles. The Labute approximate surface area is 126 Å². The summed E-state index contributed by atoms with van der Waals surface area (Å²) in [5, 5.41) is 6.45. The molecule has 2 aliphatic rings. The molecular formula is C17H24N2O2. The number of hydrogen-bond acceptors (Lipinski definition) is 3. The van der Waals surface area contributed by atoms with Crippen molar-refractivity contribution >= 4 is 5.91 Å². The molecular weight excluding hydrogens is 264 g/mol. The summed E-state index contributed by atoms with van der Waals surface area (Å²) in [6.07, 6.45) is 2.90. The molecule has 0 aliphatic carbocycles. The third-order valence-corrected chi connectivity index (χ3v) is 4.87. The van der Waals surface area contributed by atoms with Gasteiger partial charge in [-0.25, -0.2) is 0 Å². The lowest BCUT2D eigenvalue weighted by Crippen LogP contribution is -2.46. The molecule has 0 saturated carbocycles. The Morgan fingerprint density at radius 3 is 2.71 bits per heavy atom. The van der Waals surface area contributed by atoms with Crippen LogP contribution in [0.2, 0.25) is 0 Å². The molecule has 1 aromatic rings. The van der Waals surface area contributed by atoms with Crippen molar-refractivity contribution in [2.75, 3.05) is 32.8 Å². The summed E-state index contributed by atoms with van der Waals surface area (Å²) in [5.41, 5.74) is 1.35. The molecule has 0 radical (unpaired) electrons. The van der Waals surface area contributed by atoms with Gasteiger partial charge in [-0.15, -0.1) is 0 Å². The van der Waals surface area contributed by atoms with Gasteiger partial charge in [-0.05, 0) is 31.4 Å². The van der Waals surface area contributed by atoms with Gasteiger partial charge in [-0.3, -0.25) is 4.79 Å². The maximum Gasteiger partial charge on any atom is 0.224 e. The summed E-state index contributed by atoms with van der Waals surface area (Å²) in [5.74, 6) is 0.333. The van der Waals surface area contributed by atoms with Crippen molar-refractivity contribution in [1.82, 2.24) is 10.6 Å². The average molecular weight is 288 g/mol. The van der Waals surface area contributed by atoms with Crippen LogP contribution < -0.4 is 10.6 Å². The summed E-state index contributed by atoms with van der Waals surface area (Å²) in [4.78, 5) is 12.3. The molecule has 0 bridgehead atoms. The minimum Gasteiger partial charge on any atom is -0.381 e. The second kappa shape index (κ2) is 6.58. The molecule has 21 heavy (non-hydrogen) atoms. The SMILES string of the molecule is O=C(NCC1(c2ccccc2)CCOCC1)C1CCNC1. The van der Waals surface area contributed by atoms with Crippen LogP contribution in [0.15, 0.2) is 30.3 Å². The van der Waals surface area contributed by atoms with Crippen LogP contribution in [0.4, 0.5) is 0 Å². The van der Waals surface area contributed by atoms with Gasteiger partial charge in [0, 0.05) is 31.7 Å². The van der Waals surface area contributed by atoms with Gasteiger partial charge >= 0.3 is 0 Å². The highest BCUT2D eigenvalue weighted by Gasteiger charge is 2.35. The molecule has 0 spiro atoms. The predicted octanol–water partition coefficient (Wildman–Crippen LogP) is 1.46. The van der Waals surface area contributed by atoms with E-state index in [2.05, 4.69) is 34.9 Å². The highest BCUT2D eigenvalue weighted by molar-refractivity contribution is 5.79. The van der Waals surface area contributed by atoms with Crippen molar-refractivity contribution in [1.29, 1.82) is 0 Å². The van der Waals surface area contributed by atoms with Gasteiger partial charge in [-0.1, -0.05) is 30.3 Å². The maximum atomic E-state index is 12.3. The lowest BCUT2D eigenvalue weighted by molar-refractivity contribution is -0.124. The van der Waals surface area contributed by atoms with Gasteiger partial charge in [0.05, 0.1) is 5.92 Å². The first-order chi connectivity index (χ1) is 10.3. The van der Waals surface area contributed by atoms with Crippen LogP contribution in [-0.2, 0) is 14.9 Å². The number of ether oxygens (including phenoxy) is 1. The molecule has 0 aromatic heterocycles. The van der Waals surface area contributed by atoms with Crippen molar-refractivity contribution in [2.24, 2.45) is 5.92 Å². The molecule has 114 valence electrons. The maximum absolute atomic E-state index is 12.3. The Bertz CT molecular complexity index is 463. The van der Waals surface area contributed by atoms with Crippen molar-refractivity contribution in [3.05, 3.63) is 35.9 Å². The lowest BCUT2D eigenvalue weighted by atomic mass is 9.74. The van der Waals surface area contributed by atoms with Gasteiger partial charge < -0.3 is 15.4 Å². The Hall–Kier alpha value is -1.39. The van der Waals surface area contributed by atoms with Gasteiger partial charge in [0.25, 0.3) is 0 Å². The predicted molar refractivity (Wildman–Crippen MR) is 82.2 cm³/mol. The van der Waals surface area contributed by atoms with Crippen molar-refractivity contribution in [2.45, 2.75) is 24.7 Å². The molecule has 2 saturated heterocycles. The van der Waals surface area contributed by atoms with Crippen LogP contribution in [0.5, 0.6) is 0 Å². The Kier molecular flexibility index (Phi) is 4.56. The van der Waals surface area contributed by atoms with Crippen molar-refractivity contribution < 1.29 is 9.53 Å². The highest BCUT2D eigenvalue weighted by atomic mass is 16.5. The smallest absolute Gasteiger partial charge is 0.224 e. The van der Waals surface area contributed by atoms with E-state index in [-0.39, 0.29) is 17.2 Å². The van der Waals surface area contributed by atoms with E-state index in [0.717, 1.165) is 52.1 Å². The zero-order chi connectivity index (χ0) is 14.5. The third-order valence-electron chi connectivity index (χ3n) is 4.87. The van der Waals surface area contributed by atoms with Gasteiger partial charge in [0.15, 0.2) is 0 Å². The first kappa shape index (κ1) is 14.5. The lowest BCUT2D eigenvalue weighted by Gasteiger charge is -2.38. The molecule has 4 nitrogen and oxygen atoms in total. The summed E-state index contributed by atoms with van der Waals surface area (Å²) in [6, 6.07) is 10.5. The molecule has 2 aliphatic heterocycles. The fourth-order valence-electron chi connectivity index (χ4n) is 3.40. The van der Waals surface area contributed by atoms with Crippen molar-refractivity contribution in [3.63, 3.8) is 0 Å². The van der Waals surface area contributed by atoms with Crippen LogP contribution in [0.1, 0.15) is 24.8 Å².